The molecule has 4 heteroatoms. The molecule has 2 N–H and O–H groups in total. The Balaban J connectivity index is 3.00. The second-order valence-corrected chi connectivity index (χ2v) is 1.95. The van der Waals surface area contributed by atoms with Crippen LogP contribution in [0.15, 0.2) is 12.3 Å². The summed E-state index contributed by atoms with van der Waals surface area (Å²) in [5, 5.41) is 0. The van der Waals surface area contributed by atoms with Gasteiger partial charge >= 0.3 is 0 Å². The first kappa shape index (κ1) is 7.78. The normalized spacial score (nSPS) is 9.64. The van der Waals surface area contributed by atoms with E-state index >= 15 is 0 Å². The highest BCUT2D eigenvalue weighted by atomic mass is 19.1. The predicted molar refractivity (Wildman–Crippen MR) is 39.8 cm³/mol. The summed E-state index contributed by atoms with van der Waals surface area (Å²) in [6.07, 6.45) is 1.30. The molecule has 1 aromatic heterocycles. The highest BCUT2D eigenvalue weighted by Crippen LogP contribution is 2.22. The summed E-state index contributed by atoms with van der Waals surface area (Å²) in [4.78, 5) is 3.39. The molecule has 0 fully saturated rings. The summed E-state index contributed by atoms with van der Waals surface area (Å²) in [6, 6.07) is 1.49. The van der Waals surface area contributed by atoms with E-state index in [1.165, 1.54) is 12.3 Å². The van der Waals surface area contributed by atoms with Crippen LogP contribution in [0, 0.1) is 5.95 Å². The monoisotopic (exact) mass is 156 g/mol. The minimum atomic E-state index is -0.660. The Morgan fingerprint density at radius 1 is 1.73 bits per heavy atom. The molecule has 0 aliphatic heterocycles. The SMILES string of the molecule is CCOc1c(N)ccnc1F. The van der Waals surface area contributed by atoms with Crippen molar-refractivity contribution in [3.8, 4) is 5.75 Å². The number of nitrogens with zero attached hydrogens (tertiary/aromatic N) is 1. The van der Waals surface area contributed by atoms with E-state index in [4.69, 9.17) is 10.5 Å². The van der Waals surface area contributed by atoms with E-state index in [0.717, 1.165) is 0 Å². The minimum absolute atomic E-state index is 0.0370. The Bertz CT molecular complexity index is 232. The van der Waals surface area contributed by atoms with Crippen LogP contribution >= 0.6 is 0 Å². The molecule has 0 unspecified atom stereocenters. The molecule has 0 spiro atoms. The van der Waals surface area contributed by atoms with Crippen molar-refractivity contribution in [2.24, 2.45) is 0 Å². The van der Waals surface area contributed by atoms with E-state index < -0.39 is 5.95 Å². The molecule has 0 amide bonds. The second-order valence-electron chi connectivity index (χ2n) is 1.95. The predicted octanol–water partition coefficient (Wildman–Crippen LogP) is 1.20. The van der Waals surface area contributed by atoms with Gasteiger partial charge in [-0.15, -0.1) is 0 Å². The molecule has 0 saturated carbocycles. The van der Waals surface area contributed by atoms with E-state index in [2.05, 4.69) is 4.98 Å². The smallest absolute Gasteiger partial charge is 0.257 e. The number of hydrogen-bond acceptors (Lipinski definition) is 3. The van der Waals surface area contributed by atoms with Crippen LogP contribution in [0.2, 0.25) is 0 Å². The number of rotatable bonds is 2. The van der Waals surface area contributed by atoms with Gasteiger partial charge in [-0.1, -0.05) is 0 Å². The lowest BCUT2D eigenvalue weighted by Gasteiger charge is -2.05. The molecule has 60 valence electrons. The molecule has 0 radical (unpaired) electrons. The van der Waals surface area contributed by atoms with Crippen LogP contribution in [0.4, 0.5) is 10.1 Å². The topological polar surface area (TPSA) is 48.1 Å². The van der Waals surface area contributed by atoms with Gasteiger partial charge in [-0.3, -0.25) is 0 Å². The van der Waals surface area contributed by atoms with Crippen LogP contribution in [-0.4, -0.2) is 11.6 Å². The standard InChI is InChI=1S/C7H9FN2O/c1-2-11-6-5(9)3-4-10-7(6)8/h3-4H,2H2,1H3,(H2,9,10). The van der Waals surface area contributed by atoms with Crippen molar-refractivity contribution < 1.29 is 9.13 Å². The lowest BCUT2D eigenvalue weighted by molar-refractivity contribution is 0.318. The van der Waals surface area contributed by atoms with E-state index in [9.17, 15) is 4.39 Å². The maximum absolute atomic E-state index is 12.7. The summed E-state index contributed by atoms with van der Waals surface area (Å²) < 4.78 is 17.6. The fourth-order valence-corrected chi connectivity index (χ4v) is 0.724. The van der Waals surface area contributed by atoms with E-state index in [-0.39, 0.29) is 11.4 Å². The number of halogens is 1. The van der Waals surface area contributed by atoms with Gasteiger partial charge in [0.15, 0.2) is 5.75 Å². The van der Waals surface area contributed by atoms with Crippen molar-refractivity contribution in [3.63, 3.8) is 0 Å². The zero-order chi connectivity index (χ0) is 8.27. The van der Waals surface area contributed by atoms with Gasteiger partial charge in [-0.25, -0.2) is 4.98 Å². The molecule has 0 atom stereocenters. The van der Waals surface area contributed by atoms with Crippen molar-refractivity contribution in [1.29, 1.82) is 0 Å². The molecule has 0 aliphatic carbocycles. The Morgan fingerprint density at radius 3 is 3.00 bits per heavy atom. The molecule has 1 heterocycles. The van der Waals surface area contributed by atoms with Crippen molar-refractivity contribution >= 4 is 5.69 Å². The third-order valence-corrected chi connectivity index (χ3v) is 1.18. The van der Waals surface area contributed by atoms with Gasteiger partial charge in [0.05, 0.1) is 12.3 Å². The molecular weight excluding hydrogens is 147 g/mol. The van der Waals surface area contributed by atoms with E-state index in [1.54, 1.807) is 6.92 Å². The fraction of sp³-hybridized carbons (Fsp3) is 0.286. The van der Waals surface area contributed by atoms with E-state index in [0.29, 0.717) is 6.61 Å². The lowest BCUT2D eigenvalue weighted by atomic mass is 10.4. The fourth-order valence-electron chi connectivity index (χ4n) is 0.724. The molecule has 0 aromatic carbocycles. The zero-order valence-corrected chi connectivity index (χ0v) is 6.17. The second kappa shape index (κ2) is 3.18. The average Bonchev–Trinajstić information content (AvgIpc) is 1.97. The van der Waals surface area contributed by atoms with E-state index in [1.807, 2.05) is 0 Å². The number of nitrogen functional groups attached to an aromatic ring is 1. The maximum Gasteiger partial charge on any atom is 0.257 e. The minimum Gasteiger partial charge on any atom is -0.487 e. The molecule has 0 bridgehead atoms. The average molecular weight is 156 g/mol. The van der Waals surface area contributed by atoms with Gasteiger partial charge in [0.1, 0.15) is 0 Å². The summed E-state index contributed by atoms with van der Waals surface area (Å²) in [5.41, 5.74) is 5.68. The quantitative estimate of drug-likeness (QED) is 0.654. The number of ether oxygens (including phenoxy) is 1. The van der Waals surface area contributed by atoms with Crippen LogP contribution < -0.4 is 10.5 Å². The molecule has 1 aromatic rings. The Hall–Kier alpha value is -1.32. The van der Waals surface area contributed by atoms with Crippen LogP contribution in [0.5, 0.6) is 5.75 Å². The number of hydrogen-bond donors (Lipinski definition) is 1. The molecule has 1 rings (SSSR count). The number of pyridine rings is 1. The van der Waals surface area contributed by atoms with Gasteiger partial charge in [-0.2, -0.15) is 4.39 Å². The maximum atomic E-state index is 12.7. The van der Waals surface area contributed by atoms with Gasteiger partial charge < -0.3 is 10.5 Å². The van der Waals surface area contributed by atoms with Crippen LogP contribution in [0.25, 0.3) is 0 Å². The Kier molecular flexibility index (Phi) is 2.25. The van der Waals surface area contributed by atoms with Crippen molar-refractivity contribution in [3.05, 3.63) is 18.2 Å². The number of aromatic nitrogens is 1. The Labute approximate surface area is 64.0 Å². The molecule has 3 nitrogen and oxygen atoms in total. The first-order valence-corrected chi connectivity index (χ1v) is 3.28. The van der Waals surface area contributed by atoms with Gasteiger partial charge in [0.2, 0.25) is 0 Å². The molecule has 11 heavy (non-hydrogen) atoms. The molecular formula is C7H9FN2O. The summed E-state index contributed by atoms with van der Waals surface area (Å²) in [5.74, 6) is -0.623. The van der Waals surface area contributed by atoms with Crippen LogP contribution in [-0.2, 0) is 0 Å². The van der Waals surface area contributed by atoms with Gasteiger partial charge in [0.25, 0.3) is 5.95 Å². The van der Waals surface area contributed by atoms with Gasteiger partial charge in [0, 0.05) is 6.20 Å². The molecule has 0 aliphatic rings. The number of anilines is 1. The van der Waals surface area contributed by atoms with Crippen molar-refractivity contribution in [1.82, 2.24) is 4.98 Å². The van der Waals surface area contributed by atoms with Gasteiger partial charge in [-0.05, 0) is 13.0 Å². The van der Waals surface area contributed by atoms with Crippen molar-refractivity contribution in [2.75, 3.05) is 12.3 Å². The summed E-state index contributed by atoms with van der Waals surface area (Å²) in [7, 11) is 0. The summed E-state index contributed by atoms with van der Waals surface area (Å²) in [6.45, 7) is 2.14. The first-order valence-electron chi connectivity index (χ1n) is 3.28. The van der Waals surface area contributed by atoms with Crippen molar-refractivity contribution in [2.45, 2.75) is 6.92 Å². The van der Waals surface area contributed by atoms with Crippen LogP contribution in [0.3, 0.4) is 0 Å². The van der Waals surface area contributed by atoms with Crippen LogP contribution in [0.1, 0.15) is 6.92 Å². The first-order chi connectivity index (χ1) is 5.25. The largest absolute Gasteiger partial charge is 0.487 e. The Morgan fingerprint density at radius 2 is 2.45 bits per heavy atom. The summed E-state index contributed by atoms with van der Waals surface area (Å²) >= 11 is 0. The highest BCUT2D eigenvalue weighted by Gasteiger charge is 2.06. The third kappa shape index (κ3) is 1.58. The zero-order valence-electron chi connectivity index (χ0n) is 6.17. The lowest BCUT2D eigenvalue weighted by Crippen LogP contribution is -2.00. The number of nitrogens with two attached hydrogens (primary N) is 1. The highest BCUT2D eigenvalue weighted by molar-refractivity contribution is 5.50. The third-order valence-electron chi connectivity index (χ3n) is 1.18. The molecule has 0 saturated heterocycles.